The molecule has 0 saturated carbocycles. The third-order valence-electron chi connectivity index (χ3n) is 6.40. The monoisotopic (exact) mass is 536 g/mol. The first-order valence-corrected chi connectivity index (χ1v) is 13.0. The van der Waals surface area contributed by atoms with Crippen LogP contribution in [0.3, 0.4) is 0 Å². The van der Waals surface area contributed by atoms with Crippen molar-refractivity contribution in [3.63, 3.8) is 0 Å². The SMILES string of the molecule is COCCCNc1nc(C(C)(C)C)ncc1C(=O)N(CC(C)C)[C@H]1C[C@@H](C(=O)N(C)OC)CN(C(=O)O)C1. The Labute approximate surface area is 225 Å². The molecule has 0 aromatic carbocycles. The van der Waals surface area contributed by atoms with E-state index in [9.17, 15) is 19.5 Å². The van der Waals surface area contributed by atoms with Crippen molar-refractivity contribution in [1.29, 1.82) is 0 Å². The summed E-state index contributed by atoms with van der Waals surface area (Å²) >= 11 is 0. The van der Waals surface area contributed by atoms with Crippen molar-refractivity contribution in [2.45, 2.75) is 58.9 Å². The van der Waals surface area contributed by atoms with Crippen molar-refractivity contribution >= 4 is 23.7 Å². The highest BCUT2D eigenvalue weighted by Crippen LogP contribution is 2.28. The molecule has 38 heavy (non-hydrogen) atoms. The van der Waals surface area contributed by atoms with E-state index in [1.54, 1.807) is 18.2 Å². The molecule has 12 heteroatoms. The molecular formula is C26H44N6O6. The molecule has 0 radical (unpaired) electrons. The van der Waals surface area contributed by atoms with Crippen LogP contribution in [-0.2, 0) is 19.8 Å². The van der Waals surface area contributed by atoms with Gasteiger partial charge in [-0.3, -0.25) is 14.4 Å². The van der Waals surface area contributed by atoms with Gasteiger partial charge in [0.05, 0.1) is 19.1 Å². The lowest BCUT2D eigenvalue weighted by atomic mass is 9.91. The zero-order valence-corrected chi connectivity index (χ0v) is 24.0. The molecule has 214 valence electrons. The second-order valence-corrected chi connectivity index (χ2v) is 11.1. The largest absolute Gasteiger partial charge is 0.465 e. The summed E-state index contributed by atoms with van der Waals surface area (Å²) in [5.74, 6) is -0.166. The van der Waals surface area contributed by atoms with Crippen LogP contribution in [-0.4, -0.2) is 108 Å². The molecule has 0 unspecified atom stereocenters. The van der Waals surface area contributed by atoms with Crippen LogP contribution in [0.2, 0.25) is 0 Å². The van der Waals surface area contributed by atoms with Gasteiger partial charge in [0, 0.05) is 58.6 Å². The van der Waals surface area contributed by atoms with Gasteiger partial charge in [-0.25, -0.2) is 19.8 Å². The van der Waals surface area contributed by atoms with Crippen LogP contribution in [0.4, 0.5) is 10.6 Å². The topological polar surface area (TPSA) is 137 Å². The minimum Gasteiger partial charge on any atom is -0.465 e. The molecule has 2 heterocycles. The van der Waals surface area contributed by atoms with E-state index < -0.39 is 18.1 Å². The van der Waals surface area contributed by atoms with Crippen molar-refractivity contribution in [3.05, 3.63) is 17.6 Å². The third-order valence-corrected chi connectivity index (χ3v) is 6.40. The van der Waals surface area contributed by atoms with E-state index in [1.807, 2.05) is 34.6 Å². The number of rotatable bonds is 11. The number of hydroxylamine groups is 2. The highest BCUT2D eigenvalue weighted by atomic mass is 16.7. The highest BCUT2D eigenvalue weighted by molar-refractivity contribution is 5.98. The summed E-state index contributed by atoms with van der Waals surface area (Å²) < 4.78 is 5.14. The smallest absolute Gasteiger partial charge is 0.407 e. The molecule has 1 fully saturated rings. The van der Waals surface area contributed by atoms with E-state index in [0.717, 1.165) is 11.5 Å². The average Bonchev–Trinajstić information content (AvgIpc) is 2.87. The maximum absolute atomic E-state index is 14.1. The van der Waals surface area contributed by atoms with E-state index in [-0.39, 0.29) is 36.2 Å². The number of likely N-dealkylation sites (tertiary alicyclic amines) is 1. The van der Waals surface area contributed by atoms with Crippen LogP contribution in [0.1, 0.15) is 63.6 Å². The van der Waals surface area contributed by atoms with Crippen LogP contribution in [0.25, 0.3) is 0 Å². The maximum Gasteiger partial charge on any atom is 0.407 e. The highest BCUT2D eigenvalue weighted by Gasteiger charge is 2.40. The molecule has 0 aliphatic carbocycles. The number of aromatic nitrogens is 2. The number of amides is 3. The van der Waals surface area contributed by atoms with Crippen LogP contribution >= 0.6 is 0 Å². The van der Waals surface area contributed by atoms with Crippen LogP contribution in [0.5, 0.6) is 0 Å². The summed E-state index contributed by atoms with van der Waals surface area (Å²) in [4.78, 5) is 56.1. The molecule has 12 nitrogen and oxygen atoms in total. The fraction of sp³-hybridized carbons (Fsp3) is 0.731. The van der Waals surface area contributed by atoms with Crippen LogP contribution in [0, 0.1) is 11.8 Å². The Hall–Kier alpha value is -2.99. The predicted octanol–water partition coefficient (Wildman–Crippen LogP) is 2.71. The van der Waals surface area contributed by atoms with Crippen molar-refractivity contribution in [3.8, 4) is 0 Å². The lowest BCUT2D eigenvalue weighted by Crippen LogP contribution is -2.57. The minimum absolute atomic E-state index is 0.0395. The molecule has 2 N–H and O–H groups in total. The Morgan fingerprint density at radius 1 is 1.24 bits per heavy atom. The first kappa shape index (κ1) is 31.2. The van der Waals surface area contributed by atoms with Gasteiger partial charge in [-0.2, -0.15) is 0 Å². The molecule has 3 amide bonds. The summed E-state index contributed by atoms with van der Waals surface area (Å²) in [5.41, 5.74) is -0.0190. The Morgan fingerprint density at radius 3 is 2.47 bits per heavy atom. The number of ether oxygens (including phenoxy) is 1. The standard InChI is InChI=1S/C26H44N6O6/c1-17(2)14-32(19-12-18(22(33)30(6)38-8)15-31(16-19)25(35)36)23(34)20-13-28-24(26(3,4)5)29-21(20)27-10-9-11-37-7/h13,17-19H,9-12,14-16H2,1-8H3,(H,35,36)(H,27,28,29)/t18-,19+/m1/s1. The van der Waals surface area contributed by atoms with Crippen molar-refractivity contribution in [1.82, 2.24) is 24.8 Å². The van der Waals surface area contributed by atoms with Crippen LogP contribution in [0.15, 0.2) is 6.20 Å². The van der Waals surface area contributed by atoms with E-state index in [0.29, 0.717) is 43.3 Å². The van der Waals surface area contributed by atoms with Gasteiger partial charge in [-0.1, -0.05) is 34.6 Å². The molecule has 1 aromatic rings. The van der Waals surface area contributed by atoms with Crippen molar-refractivity contribution < 1.29 is 29.1 Å². The second kappa shape index (κ2) is 13.7. The van der Waals surface area contributed by atoms with Gasteiger partial charge >= 0.3 is 6.09 Å². The lowest BCUT2D eigenvalue weighted by molar-refractivity contribution is -0.175. The van der Waals surface area contributed by atoms with Crippen LogP contribution < -0.4 is 5.32 Å². The van der Waals surface area contributed by atoms with E-state index in [4.69, 9.17) is 14.6 Å². The Bertz CT molecular complexity index is 966. The fourth-order valence-electron chi connectivity index (χ4n) is 4.38. The molecule has 0 bridgehead atoms. The minimum atomic E-state index is -1.14. The number of nitrogens with one attached hydrogen (secondary N) is 1. The Morgan fingerprint density at radius 2 is 1.92 bits per heavy atom. The summed E-state index contributed by atoms with van der Waals surface area (Å²) in [6, 6.07) is -0.516. The lowest BCUT2D eigenvalue weighted by Gasteiger charge is -2.42. The molecular weight excluding hydrogens is 492 g/mol. The van der Waals surface area contributed by atoms with Crippen molar-refractivity contribution in [2.24, 2.45) is 11.8 Å². The number of carbonyl (C=O) groups is 3. The molecule has 2 atom stereocenters. The molecule has 1 aliphatic heterocycles. The summed E-state index contributed by atoms with van der Waals surface area (Å²) in [7, 11) is 4.50. The molecule has 1 aromatic heterocycles. The van der Waals surface area contributed by atoms with Gasteiger partial charge < -0.3 is 25.0 Å². The van der Waals surface area contributed by atoms with Crippen molar-refractivity contribution in [2.75, 3.05) is 59.4 Å². The zero-order valence-electron chi connectivity index (χ0n) is 24.0. The van der Waals surface area contributed by atoms with Gasteiger partial charge in [0.1, 0.15) is 17.2 Å². The Balaban J connectivity index is 2.48. The molecule has 2 rings (SSSR count). The second-order valence-electron chi connectivity index (χ2n) is 11.1. The van der Waals surface area contributed by atoms with E-state index in [2.05, 4.69) is 10.3 Å². The van der Waals surface area contributed by atoms with E-state index in [1.165, 1.54) is 19.1 Å². The maximum atomic E-state index is 14.1. The molecule has 0 spiro atoms. The van der Waals surface area contributed by atoms with E-state index >= 15 is 0 Å². The quantitative estimate of drug-likeness (QED) is 0.323. The number of piperidine rings is 1. The summed E-state index contributed by atoms with van der Waals surface area (Å²) in [6.07, 6.45) is 1.44. The van der Waals surface area contributed by atoms with Gasteiger partial charge in [0.2, 0.25) is 0 Å². The fourth-order valence-corrected chi connectivity index (χ4v) is 4.38. The van der Waals surface area contributed by atoms with Gasteiger partial charge in [0.15, 0.2) is 0 Å². The normalized spacial score (nSPS) is 17.9. The summed E-state index contributed by atoms with van der Waals surface area (Å²) in [6.45, 7) is 11.6. The zero-order chi connectivity index (χ0) is 28.6. The number of carbonyl (C=O) groups excluding carboxylic acids is 2. The van der Waals surface area contributed by atoms with Gasteiger partial charge in [-0.15, -0.1) is 0 Å². The molecule has 1 aliphatic rings. The third kappa shape index (κ3) is 8.26. The predicted molar refractivity (Wildman–Crippen MR) is 143 cm³/mol. The number of hydrogen-bond acceptors (Lipinski definition) is 8. The number of nitrogens with zero attached hydrogens (tertiary/aromatic N) is 5. The number of anilines is 1. The number of carboxylic acid groups (broad SMARTS) is 1. The number of hydrogen-bond donors (Lipinski definition) is 2. The average molecular weight is 537 g/mol. The number of methoxy groups -OCH3 is 1. The first-order chi connectivity index (χ1) is 17.8. The Kier molecular flexibility index (Phi) is 11.3. The van der Waals surface area contributed by atoms with Gasteiger partial charge in [-0.05, 0) is 18.8 Å². The first-order valence-electron chi connectivity index (χ1n) is 13.0. The van der Waals surface area contributed by atoms with Gasteiger partial charge in [0.25, 0.3) is 11.8 Å². The summed E-state index contributed by atoms with van der Waals surface area (Å²) in [5, 5.41) is 14.2. The molecule has 1 saturated heterocycles.